The molecule has 21 heavy (non-hydrogen) atoms. The summed E-state index contributed by atoms with van der Waals surface area (Å²) in [6.07, 6.45) is 4.87. The minimum Gasteiger partial charge on any atom is -0.454 e. The highest BCUT2D eigenvalue weighted by molar-refractivity contribution is 6.52. The van der Waals surface area contributed by atoms with Crippen LogP contribution in [0.4, 0.5) is 0 Å². The van der Waals surface area contributed by atoms with Crippen molar-refractivity contribution in [1.29, 1.82) is 0 Å². The molecule has 0 saturated carbocycles. The van der Waals surface area contributed by atoms with Crippen LogP contribution in [0, 0.1) is 0 Å². The fourth-order valence-electron chi connectivity index (χ4n) is 3.20. The van der Waals surface area contributed by atoms with Crippen LogP contribution < -0.4 is 0 Å². The smallest absolute Gasteiger partial charge is 0.237 e. The second-order valence-electron chi connectivity index (χ2n) is 5.57. The molecule has 1 fully saturated rings. The number of ketones is 2. The van der Waals surface area contributed by atoms with E-state index in [9.17, 15) is 9.59 Å². The molecule has 0 spiro atoms. The van der Waals surface area contributed by atoms with Crippen molar-refractivity contribution in [3.63, 3.8) is 0 Å². The molecule has 4 heteroatoms. The number of benzene rings is 1. The van der Waals surface area contributed by atoms with Gasteiger partial charge in [-0.2, -0.15) is 0 Å². The van der Waals surface area contributed by atoms with Crippen molar-refractivity contribution in [2.45, 2.75) is 19.3 Å². The topological polar surface area (TPSA) is 50.5 Å². The first-order chi connectivity index (χ1) is 10.3. The van der Waals surface area contributed by atoms with E-state index in [0.717, 1.165) is 37.0 Å². The normalized spacial score (nSPS) is 18.9. The Morgan fingerprint density at radius 3 is 2.57 bits per heavy atom. The van der Waals surface area contributed by atoms with E-state index in [1.165, 1.54) is 12.5 Å². The Bertz CT molecular complexity index is 778. The Hall–Kier alpha value is -2.36. The summed E-state index contributed by atoms with van der Waals surface area (Å²) >= 11 is 0. The van der Waals surface area contributed by atoms with Gasteiger partial charge in [0.25, 0.3) is 0 Å². The van der Waals surface area contributed by atoms with Gasteiger partial charge in [-0.25, -0.2) is 0 Å². The van der Waals surface area contributed by atoms with Crippen molar-refractivity contribution in [3.8, 4) is 0 Å². The molecule has 0 amide bonds. The summed E-state index contributed by atoms with van der Waals surface area (Å²) in [5, 5.41) is 0.730. The lowest BCUT2D eigenvalue weighted by atomic mass is 9.95. The van der Waals surface area contributed by atoms with Crippen molar-refractivity contribution < 1.29 is 14.0 Å². The molecule has 1 saturated heterocycles. The first-order valence-corrected chi connectivity index (χ1v) is 7.33. The molecule has 4 nitrogen and oxygen atoms in total. The fraction of sp³-hybridized carbons (Fsp3) is 0.294. The Kier molecular flexibility index (Phi) is 2.70. The van der Waals surface area contributed by atoms with Gasteiger partial charge >= 0.3 is 0 Å². The number of Topliss-reactive ketones (excluding diaryl/α,β-unsaturated/α-hetero) is 1. The lowest BCUT2D eigenvalue weighted by Gasteiger charge is -2.31. The second-order valence-corrected chi connectivity index (χ2v) is 5.57. The Balaban J connectivity index is 1.92. The maximum absolute atomic E-state index is 12.2. The molecule has 2 heterocycles. The molecular weight excluding hydrogens is 266 g/mol. The maximum atomic E-state index is 12.2. The molecule has 0 atom stereocenters. The van der Waals surface area contributed by atoms with Crippen LogP contribution in [0.1, 0.15) is 35.4 Å². The number of furan rings is 1. The molecular formula is C17H15NO3. The number of rotatable bonds is 1. The average molecular weight is 281 g/mol. The van der Waals surface area contributed by atoms with Gasteiger partial charge in [0.2, 0.25) is 11.6 Å². The molecule has 1 aromatic carbocycles. The predicted octanol–water partition coefficient (Wildman–Crippen LogP) is 3.03. The number of hydrogen-bond donors (Lipinski definition) is 0. The predicted molar refractivity (Wildman–Crippen MR) is 79.0 cm³/mol. The highest BCUT2D eigenvalue weighted by atomic mass is 16.3. The quantitative estimate of drug-likeness (QED) is 0.754. The Labute approximate surface area is 122 Å². The zero-order chi connectivity index (χ0) is 14.4. The monoisotopic (exact) mass is 281 g/mol. The number of carbonyl (C=O) groups is 2. The van der Waals surface area contributed by atoms with Gasteiger partial charge < -0.3 is 9.32 Å². The van der Waals surface area contributed by atoms with Crippen LogP contribution in [0.25, 0.3) is 16.7 Å². The van der Waals surface area contributed by atoms with Crippen LogP contribution in [0.5, 0.6) is 0 Å². The van der Waals surface area contributed by atoms with Crippen LogP contribution in [0.15, 0.2) is 34.8 Å². The number of fused-ring (bicyclic) bond motifs is 3. The Morgan fingerprint density at radius 1 is 1.00 bits per heavy atom. The second kappa shape index (κ2) is 4.58. The van der Waals surface area contributed by atoms with E-state index in [-0.39, 0.29) is 0 Å². The van der Waals surface area contributed by atoms with Crippen LogP contribution in [0.3, 0.4) is 0 Å². The van der Waals surface area contributed by atoms with E-state index in [2.05, 4.69) is 4.90 Å². The third-order valence-corrected chi connectivity index (χ3v) is 4.24. The van der Waals surface area contributed by atoms with Gasteiger partial charge in [-0.3, -0.25) is 9.59 Å². The number of para-hydroxylation sites is 1. The van der Waals surface area contributed by atoms with Crippen LogP contribution in [-0.4, -0.2) is 29.6 Å². The number of nitrogens with zero attached hydrogens (tertiary/aromatic N) is 1. The van der Waals surface area contributed by atoms with Gasteiger partial charge in [-0.05, 0) is 25.3 Å². The number of hydrogen-bond acceptors (Lipinski definition) is 4. The summed E-state index contributed by atoms with van der Waals surface area (Å²) < 4.78 is 5.89. The van der Waals surface area contributed by atoms with Crippen molar-refractivity contribution in [2.75, 3.05) is 13.1 Å². The summed E-state index contributed by atoms with van der Waals surface area (Å²) in [4.78, 5) is 26.5. The van der Waals surface area contributed by atoms with E-state index in [1.54, 1.807) is 0 Å². The molecule has 0 radical (unpaired) electrons. The molecule has 1 aliphatic carbocycles. The highest BCUT2D eigenvalue weighted by Gasteiger charge is 2.34. The third kappa shape index (κ3) is 1.82. The third-order valence-electron chi connectivity index (χ3n) is 4.24. The van der Waals surface area contributed by atoms with Gasteiger partial charge in [0.1, 0.15) is 5.58 Å². The lowest BCUT2D eigenvalue weighted by molar-refractivity contribution is -0.111. The highest BCUT2D eigenvalue weighted by Crippen LogP contribution is 2.36. The van der Waals surface area contributed by atoms with Gasteiger partial charge in [0, 0.05) is 24.6 Å². The minimum absolute atomic E-state index is 0.429. The molecule has 0 bridgehead atoms. The van der Waals surface area contributed by atoms with Crippen molar-refractivity contribution in [3.05, 3.63) is 41.7 Å². The minimum atomic E-state index is -0.462. The van der Waals surface area contributed by atoms with E-state index in [0.29, 0.717) is 16.9 Å². The molecule has 0 N–H and O–H groups in total. The standard InChI is InChI=1S/C17H15NO3/c19-13-10-12(18-8-4-1-5-9-18)17-15(16(13)20)11-6-2-3-7-14(11)21-17/h2-3,6-7,10H,1,4-5,8-9H2. The maximum Gasteiger partial charge on any atom is 0.237 e. The van der Waals surface area contributed by atoms with Gasteiger partial charge in [0.05, 0.1) is 11.3 Å². The molecule has 2 aromatic rings. The van der Waals surface area contributed by atoms with Crippen LogP contribution in [-0.2, 0) is 4.79 Å². The molecule has 1 aliphatic heterocycles. The van der Waals surface area contributed by atoms with Crippen LogP contribution >= 0.6 is 0 Å². The zero-order valence-corrected chi connectivity index (χ0v) is 11.6. The molecule has 0 unspecified atom stereocenters. The van der Waals surface area contributed by atoms with Crippen molar-refractivity contribution >= 4 is 28.2 Å². The molecule has 106 valence electrons. The number of piperidine rings is 1. The lowest BCUT2D eigenvalue weighted by Crippen LogP contribution is -2.31. The van der Waals surface area contributed by atoms with Crippen molar-refractivity contribution in [2.24, 2.45) is 0 Å². The van der Waals surface area contributed by atoms with Crippen LogP contribution in [0.2, 0.25) is 0 Å². The number of likely N-dealkylation sites (tertiary alicyclic amines) is 1. The zero-order valence-electron chi connectivity index (χ0n) is 11.6. The van der Waals surface area contributed by atoms with Gasteiger partial charge in [-0.15, -0.1) is 0 Å². The van der Waals surface area contributed by atoms with Crippen molar-refractivity contribution in [1.82, 2.24) is 4.90 Å². The molecule has 1 aromatic heterocycles. The van der Waals surface area contributed by atoms with Gasteiger partial charge in [-0.1, -0.05) is 18.2 Å². The molecule has 2 aliphatic rings. The van der Waals surface area contributed by atoms with E-state index >= 15 is 0 Å². The first-order valence-electron chi connectivity index (χ1n) is 7.33. The summed E-state index contributed by atoms with van der Waals surface area (Å²) in [7, 11) is 0. The van der Waals surface area contributed by atoms with E-state index in [1.807, 2.05) is 24.3 Å². The summed E-state index contributed by atoms with van der Waals surface area (Å²) in [6.45, 7) is 1.81. The summed E-state index contributed by atoms with van der Waals surface area (Å²) in [5.41, 5.74) is 1.86. The molecule has 4 rings (SSSR count). The fourth-order valence-corrected chi connectivity index (χ4v) is 3.20. The largest absolute Gasteiger partial charge is 0.454 e. The Morgan fingerprint density at radius 2 is 1.76 bits per heavy atom. The summed E-state index contributed by atoms with van der Waals surface area (Å²) in [6, 6.07) is 7.39. The average Bonchev–Trinajstić information content (AvgIpc) is 2.91. The van der Waals surface area contributed by atoms with Gasteiger partial charge in [0.15, 0.2) is 5.76 Å². The SMILES string of the molecule is O=C1C=C(N2CCCCC2)c2oc3ccccc3c2C1=O. The van der Waals surface area contributed by atoms with E-state index < -0.39 is 11.6 Å². The number of allylic oxidation sites excluding steroid dienone is 1. The first kappa shape index (κ1) is 12.4. The van der Waals surface area contributed by atoms with E-state index in [4.69, 9.17) is 4.42 Å². The number of carbonyl (C=O) groups excluding carboxylic acids is 2. The summed E-state index contributed by atoms with van der Waals surface area (Å²) in [5.74, 6) is -0.354.